The second-order valence-corrected chi connectivity index (χ2v) is 4.63. The molecule has 1 aliphatic rings. The smallest absolute Gasteiger partial charge is 0.435 e. The summed E-state index contributed by atoms with van der Waals surface area (Å²) in [5.74, 6) is 1.61. The zero-order valence-corrected chi connectivity index (χ0v) is 11.4. The molecule has 0 saturated heterocycles. The Morgan fingerprint density at radius 2 is 1.77 bits per heavy atom. The summed E-state index contributed by atoms with van der Waals surface area (Å²) in [6.07, 6.45) is -4.48. The van der Waals surface area contributed by atoms with Gasteiger partial charge in [-0.05, 0) is 29.8 Å². The maximum absolute atomic E-state index is 12.4. The van der Waals surface area contributed by atoms with Crippen molar-refractivity contribution in [3.05, 3.63) is 41.6 Å². The van der Waals surface area contributed by atoms with Crippen LogP contribution in [0.5, 0.6) is 11.5 Å². The Bertz CT molecular complexity index is 659. The fourth-order valence-electron chi connectivity index (χ4n) is 1.97. The van der Waals surface area contributed by atoms with E-state index in [9.17, 15) is 13.2 Å². The predicted molar refractivity (Wildman–Crippen MR) is 71.8 cm³/mol. The molecular formula is C14H12F3N3O2. The van der Waals surface area contributed by atoms with E-state index in [2.05, 4.69) is 15.5 Å². The van der Waals surface area contributed by atoms with Crippen LogP contribution in [0.1, 0.15) is 11.3 Å². The van der Waals surface area contributed by atoms with Crippen molar-refractivity contribution >= 4 is 5.82 Å². The van der Waals surface area contributed by atoms with Gasteiger partial charge in [-0.3, -0.25) is 0 Å². The first-order valence-electron chi connectivity index (χ1n) is 6.56. The number of hydrogen-bond donors (Lipinski definition) is 1. The van der Waals surface area contributed by atoms with Gasteiger partial charge in [-0.1, -0.05) is 6.07 Å². The molecule has 0 aliphatic carbocycles. The van der Waals surface area contributed by atoms with Crippen LogP contribution in [0.3, 0.4) is 0 Å². The third kappa shape index (κ3) is 3.21. The summed E-state index contributed by atoms with van der Waals surface area (Å²) in [5.41, 5.74) is -0.122. The second-order valence-electron chi connectivity index (χ2n) is 4.63. The molecule has 0 bridgehead atoms. The average molecular weight is 311 g/mol. The van der Waals surface area contributed by atoms with E-state index in [0.29, 0.717) is 31.3 Å². The van der Waals surface area contributed by atoms with Crippen LogP contribution < -0.4 is 14.8 Å². The minimum atomic E-state index is -4.48. The van der Waals surface area contributed by atoms with Crippen LogP contribution in [0.4, 0.5) is 19.0 Å². The number of aromatic nitrogens is 2. The number of hydrogen-bond acceptors (Lipinski definition) is 5. The molecule has 22 heavy (non-hydrogen) atoms. The normalized spacial score (nSPS) is 13.8. The van der Waals surface area contributed by atoms with E-state index in [-0.39, 0.29) is 5.82 Å². The lowest BCUT2D eigenvalue weighted by molar-refractivity contribution is -0.141. The zero-order chi connectivity index (χ0) is 15.6. The topological polar surface area (TPSA) is 56.3 Å². The lowest BCUT2D eigenvalue weighted by Crippen LogP contribution is -2.15. The van der Waals surface area contributed by atoms with Crippen molar-refractivity contribution in [3.63, 3.8) is 0 Å². The summed E-state index contributed by atoms with van der Waals surface area (Å²) in [6, 6.07) is 7.59. The number of halogens is 3. The molecule has 0 amide bonds. The van der Waals surface area contributed by atoms with Gasteiger partial charge in [-0.25, -0.2) is 0 Å². The van der Waals surface area contributed by atoms with Crippen molar-refractivity contribution in [2.45, 2.75) is 12.7 Å². The van der Waals surface area contributed by atoms with Gasteiger partial charge in [0.2, 0.25) is 0 Å². The SMILES string of the molecule is FC(F)(F)c1ccc(NCc2ccc3c(c2)OCCO3)nn1. The molecule has 0 atom stereocenters. The third-order valence-corrected chi connectivity index (χ3v) is 3.04. The maximum atomic E-state index is 12.4. The molecular weight excluding hydrogens is 299 g/mol. The molecule has 0 radical (unpaired) electrons. The van der Waals surface area contributed by atoms with Crippen molar-refractivity contribution in [1.82, 2.24) is 10.2 Å². The number of nitrogens with one attached hydrogen (secondary N) is 1. The van der Waals surface area contributed by atoms with E-state index in [1.54, 1.807) is 6.07 Å². The van der Waals surface area contributed by atoms with Gasteiger partial charge in [0.05, 0.1) is 0 Å². The highest BCUT2D eigenvalue weighted by molar-refractivity contribution is 5.45. The lowest BCUT2D eigenvalue weighted by atomic mass is 10.2. The van der Waals surface area contributed by atoms with Crippen LogP contribution in [0.25, 0.3) is 0 Å². The van der Waals surface area contributed by atoms with Crippen LogP contribution in [0.15, 0.2) is 30.3 Å². The van der Waals surface area contributed by atoms with Gasteiger partial charge in [0.25, 0.3) is 0 Å². The van der Waals surface area contributed by atoms with Gasteiger partial charge < -0.3 is 14.8 Å². The van der Waals surface area contributed by atoms with Crippen LogP contribution in [-0.2, 0) is 12.7 Å². The summed E-state index contributed by atoms with van der Waals surface area (Å²) in [7, 11) is 0. The number of ether oxygens (including phenoxy) is 2. The molecule has 1 aliphatic heterocycles. The van der Waals surface area contributed by atoms with Gasteiger partial charge in [0.15, 0.2) is 17.2 Å². The number of fused-ring (bicyclic) bond motifs is 1. The van der Waals surface area contributed by atoms with E-state index in [1.165, 1.54) is 6.07 Å². The van der Waals surface area contributed by atoms with Gasteiger partial charge in [0, 0.05) is 6.54 Å². The van der Waals surface area contributed by atoms with E-state index in [4.69, 9.17) is 9.47 Å². The molecule has 2 heterocycles. The van der Waals surface area contributed by atoms with Crippen molar-refractivity contribution in [2.24, 2.45) is 0 Å². The Labute approximate surface area is 124 Å². The number of benzene rings is 1. The molecule has 2 aromatic rings. The summed E-state index contributed by atoms with van der Waals surface area (Å²) in [4.78, 5) is 0. The van der Waals surface area contributed by atoms with Crippen LogP contribution in [0, 0.1) is 0 Å². The third-order valence-electron chi connectivity index (χ3n) is 3.04. The van der Waals surface area contributed by atoms with Crippen molar-refractivity contribution in [1.29, 1.82) is 0 Å². The quantitative estimate of drug-likeness (QED) is 0.944. The number of rotatable bonds is 3. The van der Waals surface area contributed by atoms with E-state index < -0.39 is 11.9 Å². The molecule has 5 nitrogen and oxygen atoms in total. The Balaban J connectivity index is 1.65. The first-order chi connectivity index (χ1) is 10.5. The lowest BCUT2D eigenvalue weighted by Gasteiger charge is -2.19. The minimum Gasteiger partial charge on any atom is -0.486 e. The predicted octanol–water partition coefficient (Wildman–Crippen LogP) is 2.88. The molecule has 0 unspecified atom stereocenters. The number of alkyl halides is 3. The van der Waals surface area contributed by atoms with Crippen LogP contribution in [-0.4, -0.2) is 23.4 Å². The van der Waals surface area contributed by atoms with Gasteiger partial charge in [-0.15, -0.1) is 10.2 Å². The fraction of sp³-hybridized carbons (Fsp3) is 0.286. The van der Waals surface area contributed by atoms with Crippen molar-refractivity contribution in [2.75, 3.05) is 18.5 Å². The summed E-state index contributed by atoms with van der Waals surface area (Å²) >= 11 is 0. The molecule has 0 saturated carbocycles. The summed E-state index contributed by atoms with van der Waals surface area (Å²) in [5, 5.41) is 9.57. The largest absolute Gasteiger partial charge is 0.486 e. The molecule has 1 aromatic heterocycles. The fourth-order valence-corrected chi connectivity index (χ4v) is 1.97. The molecule has 116 valence electrons. The maximum Gasteiger partial charge on any atom is 0.435 e. The second kappa shape index (κ2) is 5.70. The summed E-state index contributed by atoms with van der Waals surface area (Å²) < 4.78 is 48.0. The Hall–Kier alpha value is -2.51. The monoisotopic (exact) mass is 311 g/mol. The first-order valence-corrected chi connectivity index (χ1v) is 6.56. The van der Waals surface area contributed by atoms with Gasteiger partial charge in [0.1, 0.15) is 19.0 Å². The standard InChI is InChI=1S/C14H12F3N3O2/c15-14(16,17)12-3-4-13(20-19-12)18-8-9-1-2-10-11(7-9)22-6-5-21-10/h1-4,7H,5-6,8H2,(H,18,20). The number of nitrogens with zero attached hydrogens (tertiary/aromatic N) is 2. The van der Waals surface area contributed by atoms with Gasteiger partial charge >= 0.3 is 6.18 Å². The van der Waals surface area contributed by atoms with Gasteiger partial charge in [-0.2, -0.15) is 13.2 Å². The van der Waals surface area contributed by atoms with E-state index in [0.717, 1.165) is 11.6 Å². The molecule has 1 N–H and O–H groups in total. The Kier molecular flexibility index (Phi) is 3.74. The molecule has 8 heteroatoms. The molecule has 3 rings (SSSR count). The minimum absolute atomic E-state index is 0.267. The zero-order valence-electron chi connectivity index (χ0n) is 11.4. The summed E-state index contributed by atoms with van der Waals surface area (Å²) in [6.45, 7) is 1.40. The van der Waals surface area contributed by atoms with E-state index >= 15 is 0 Å². The molecule has 1 aromatic carbocycles. The first kappa shape index (κ1) is 14.4. The van der Waals surface area contributed by atoms with E-state index in [1.807, 2.05) is 12.1 Å². The highest BCUT2D eigenvalue weighted by atomic mass is 19.4. The van der Waals surface area contributed by atoms with Crippen molar-refractivity contribution in [3.8, 4) is 11.5 Å². The molecule has 0 fully saturated rings. The van der Waals surface area contributed by atoms with Crippen LogP contribution >= 0.6 is 0 Å². The van der Waals surface area contributed by atoms with Crippen molar-refractivity contribution < 1.29 is 22.6 Å². The highest BCUT2D eigenvalue weighted by Crippen LogP contribution is 2.31. The van der Waals surface area contributed by atoms with Crippen LogP contribution in [0.2, 0.25) is 0 Å². The Morgan fingerprint density at radius 3 is 2.45 bits per heavy atom. The molecule has 0 spiro atoms. The average Bonchev–Trinajstić information content (AvgIpc) is 2.52. The Morgan fingerprint density at radius 1 is 1.00 bits per heavy atom. The number of anilines is 1. The highest BCUT2D eigenvalue weighted by Gasteiger charge is 2.32.